The van der Waals surface area contributed by atoms with Crippen molar-refractivity contribution < 1.29 is 4.74 Å². The SMILES string of the molecule is CCOc1cc(C)c(C(CNC)N(C)C)cc1Cl. The standard InChI is InChI=1S/C14H23ClN2O/c1-6-18-14-7-10(2)11(8-12(14)15)13(9-16-3)17(4)5/h7-8,13,16H,6,9H2,1-5H3. The van der Waals surface area contributed by atoms with E-state index in [0.29, 0.717) is 17.7 Å². The lowest BCUT2D eigenvalue weighted by Crippen LogP contribution is -2.29. The van der Waals surface area contributed by atoms with Gasteiger partial charge in [-0.2, -0.15) is 0 Å². The zero-order valence-corrected chi connectivity index (χ0v) is 12.6. The van der Waals surface area contributed by atoms with E-state index < -0.39 is 0 Å². The summed E-state index contributed by atoms with van der Waals surface area (Å²) in [6, 6.07) is 4.35. The van der Waals surface area contributed by atoms with Gasteiger partial charge in [0.1, 0.15) is 5.75 Å². The minimum absolute atomic E-state index is 0.308. The van der Waals surface area contributed by atoms with E-state index >= 15 is 0 Å². The number of likely N-dealkylation sites (N-methyl/N-ethyl adjacent to an activating group) is 2. The van der Waals surface area contributed by atoms with Crippen LogP contribution >= 0.6 is 11.6 Å². The molecule has 0 aromatic heterocycles. The van der Waals surface area contributed by atoms with Crippen molar-refractivity contribution >= 4 is 11.6 Å². The van der Waals surface area contributed by atoms with Gasteiger partial charge in [0.2, 0.25) is 0 Å². The molecule has 0 amide bonds. The summed E-state index contributed by atoms with van der Waals surface area (Å²) in [7, 11) is 6.11. The summed E-state index contributed by atoms with van der Waals surface area (Å²) >= 11 is 6.27. The van der Waals surface area contributed by atoms with Crippen LogP contribution in [-0.2, 0) is 0 Å². The molecule has 1 rings (SSSR count). The molecule has 0 aliphatic carbocycles. The molecular formula is C14H23ClN2O. The van der Waals surface area contributed by atoms with Crippen molar-refractivity contribution in [1.29, 1.82) is 0 Å². The van der Waals surface area contributed by atoms with Crippen molar-refractivity contribution in [3.63, 3.8) is 0 Å². The third-order valence-corrected chi connectivity index (χ3v) is 3.30. The van der Waals surface area contributed by atoms with Gasteiger partial charge in [0, 0.05) is 12.6 Å². The summed E-state index contributed by atoms with van der Waals surface area (Å²) in [5.74, 6) is 0.766. The van der Waals surface area contributed by atoms with E-state index in [9.17, 15) is 0 Å². The quantitative estimate of drug-likeness (QED) is 0.860. The summed E-state index contributed by atoms with van der Waals surface area (Å²) in [5, 5.41) is 3.90. The molecule has 0 saturated carbocycles. The number of nitrogens with one attached hydrogen (secondary N) is 1. The Bertz CT molecular complexity index is 394. The fourth-order valence-corrected chi connectivity index (χ4v) is 2.29. The molecular weight excluding hydrogens is 248 g/mol. The molecule has 1 aromatic carbocycles. The largest absolute Gasteiger partial charge is 0.492 e. The average Bonchev–Trinajstić information content (AvgIpc) is 2.31. The zero-order valence-electron chi connectivity index (χ0n) is 11.9. The Kier molecular flexibility index (Phi) is 5.93. The minimum Gasteiger partial charge on any atom is -0.492 e. The van der Waals surface area contributed by atoms with Gasteiger partial charge in [0.25, 0.3) is 0 Å². The molecule has 18 heavy (non-hydrogen) atoms. The first kappa shape index (κ1) is 15.3. The molecule has 0 aliphatic rings. The monoisotopic (exact) mass is 270 g/mol. The number of aryl methyl sites for hydroxylation is 1. The molecule has 1 atom stereocenters. The average molecular weight is 271 g/mol. The molecule has 0 saturated heterocycles. The number of hydrogen-bond donors (Lipinski definition) is 1. The third-order valence-electron chi connectivity index (χ3n) is 3.00. The molecule has 0 fully saturated rings. The molecule has 4 heteroatoms. The first-order valence-electron chi connectivity index (χ1n) is 6.25. The van der Waals surface area contributed by atoms with Gasteiger partial charge in [-0.15, -0.1) is 0 Å². The predicted octanol–water partition coefficient (Wildman–Crippen LogP) is 2.87. The Balaban J connectivity index is 3.11. The Hall–Kier alpha value is -0.770. The minimum atomic E-state index is 0.308. The van der Waals surface area contributed by atoms with Gasteiger partial charge >= 0.3 is 0 Å². The summed E-state index contributed by atoms with van der Waals surface area (Å²) in [6.45, 7) is 5.58. The Morgan fingerprint density at radius 2 is 2.06 bits per heavy atom. The van der Waals surface area contributed by atoms with Gasteiger partial charge in [0.05, 0.1) is 11.6 Å². The molecule has 102 valence electrons. The number of hydrogen-bond acceptors (Lipinski definition) is 3. The highest BCUT2D eigenvalue weighted by Crippen LogP contribution is 2.32. The molecule has 0 spiro atoms. The van der Waals surface area contributed by atoms with E-state index in [4.69, 9.17) is 16.3 Å². The second-order valence-electron chi connectivity index (χ2n) is 4.61. The molecule has 1 aromatic rings. The Labute approximate surface area is 115 Å². The second-order valence-corrected chi connectivity index (χ2v) is 5.02. The number of nitrogens with zero attached hydrogens (tertiary/aromatic N) is 1. The van der Waals surface area contributed by atoms with Crippen LogP contribution in [0.1, 0.15) is 24.1 Å². The van der Waals surface area contributed by atoms with Crippen LogP contribution in [0, 0.1) is 6.92 Å². The number of benzene rings is 1. The molecule has 0 aliphatic heterocycles. The first-order chi connectivity index (χ1) is 8.51. The molecule has 0 radical (unpaired) electrons. The van der Waals surface area contributed by atoms with Crippen LogP contribution in [0.5, 0.6) is 5.75 Å². The molecule has 1 N–H and O–H groups in total. The highest BCUT2D eigenvalue weighted by molar-refractivity contribution is 6.32. The highest BCUT2D eigenvalue weighted by Gasteiger charge is 2.17. The smallest absolute Gasteiger partial charge is 0.138 e. The topological polar surface area (TPSA) is 24.5 Å². The van der Waals surface area contributed by atoms with Crippen molar-refractivity contribution in [2.75, 3.05) is 34.3 Å². The zero-order chi connectivity index (χ0) is 13.7. The molecule has 0 bridgehead atoms. The van der Waals surface area contributed by atoms with Crippen LogP contribution in [0.25, 0.3) is 0 Å². The highest BCUT2D eigenvalue weighted by atomic mass is 35.5. The predicted molar refractivity (Wildman–Crippen MR) is 77.7 cm³/mol. The van der Waals surface area contributed by atoms with E-state index in [2.05, 4.69) is 31.2 Å². The number of ether oxygens (including phenoxy) is 1. The third kappa shape index (κ3) is 3.61. The summed E-state index contributed by atoms with van der Waals surface area (Å²) < 4.78 is 5.51. The van der Waals surface area contributed by atoms with Crippen LogP contribution in [0.3, 0.4) is 0 Å². The van der Waals surface area contributed by atoms with E-state index in [-0.39, 0.29) is 0 Å². The van der Waals surface area contributed by atoms with Gasteiger partial charge in [-0.1, -0.05) is 11.6 Å². The lowest BCUT2D eigenvalue weighted by atomic mass is 10.00. The maximum absolute atomic E-state index is 6.27. The molecule has 0 heterocycles. The number of halogens is 1. The van der Waals surface area contributed by atoms with Gasteiger partial charge in [-0.25, -0.2) is 0 Å². The summed E-state index contributed by atoms with van der Waals surface area (Å²) in [6.07, 6.45) is 0. The van der Waals surface area contributed by atoms with Gasteiger partial charge in [-0.3, -0.25) is 0 Å². The van der Waals surface area contributed by atoms with E-state index in [0.717, 1.165) is 12.3 Å². The first-order valence-corrected chi connectivity index (χ1v) is 6.62. The van der Waals surface area contributed by atoms with Gasteiger partial charge < -0.3 is 15.0 Å². The maximum atomic E-state index is 6.27. The second kappa shape index (κ2) is 6.98. The van der Waals surface area contributed by atoms with Gasteiger partial charge in [0.15, 0.2) is 0 Å². The normalized spacial score (nSPS) is 12.8. The van der Waals surface area contributed by atoms with Crippen LogP contribution in [0.15, 0.2) is 12.1 Å². The van der Waals surface area contributed by atoms with Crippen molar-refractivity contribution in [3.05, 3.63) is 28.3 Å². The summed E-state index contributed by atoms with van der Waals surface area (Å²) in [5.41, 5.74) is 2.44. The van der Waals surface area contributed by atoms with Crippen LogP contribution in [0.4, 0.5) is 0 Å². The van der Waals surface area contributed by atoms with E-state index in [1.54, 1.807) is 0 Å². The molecule has 3 nitrogen and oxygen atoms in total. The summed E-state index contributed by atoms with van der Waals surface area (Å²) in [4.78, 5) is 2.19. The lowest BCUT2D eigenvalue weighted by Gasteiger charge is -2.26. The van der Waals surface area contributed by atoms with Crippen molar-refractivity contribution in [3.8, 4) is 5.75 Å². The lowest BCUT2D eigenvalue weighted by molar-refractivity contribution is 0.292. The van der Waals surface area contributed by atoms with Crippen molar-refractivity contribution in [2.45, 2.75) is 19.9 Å². The molecule has 1 unspecified atom stereocenters. The maximum Gasteiger partial charge on any atom is 0.138 e. The van der Waals surface area contributed by atoms with Gasteiger partial charge in [-0.05, 0) is 58.3 Å². The Morgan fingerprint density at radius 1 is 1.39 bits per heavy atom. The van der Waals surface area contributed by atoms with Crippen LogP contribution in [0.2, 0.25) is 5.02 Å². The fourth-order valence-electron chi connectivity index (χ4n) is 2.06. The van der Waals surface area contributed by atoms with Crippen molar-refractivity contribution in [1.82, 2.24) is 10.2 Å². The number of rotatable bonds is 6. The fraction of sp³-hybridized carbons (Fsp3) is 0.571. The van der Waals surface area contributed by atoms with Crippen LogP contribution in [-0.4, -0.2) is 39.2 Å². The van der Waals surface area contributed by atoms with E-state index in [1.807, 2.05) is 26.1 Å². The Morgan fingerprint density at radius 3 is 2.56 bits per heavy atom. The van der Waals surface area contributed by atoms with E-state index in [1.165, 1.54) is 11.1 Å². The van der Waals surface area contributed by atoms with Crippen molar-refractivity contribution in [2.24, 2.45) is 0 Å². The van der Waals surface area contributed by atoms with Crippen LogP contribution < -0.4 is 10.1 Å².